The molecule has 1 N–H and O–H groups in total. The number of halogens is 1. The highest BCUT2D eigenvalue weighted by molar-refractivity contribution is 14.0. The van der Waals surface area contributed by atoms with Crippen LogP contribution in [-0.2, 0) is 11.3 Å². The SMILES string of the molecule is CCNC(=NCc1ccc(C(=O)N2CC(C)OC(C)C2)cc1)N1CCCC(C)C1.I. The summed E-state index contributed by atoms with van der Waals surface area (Å²) in [4.78, 5) is 21.9. The number of ether oxygens (including phenoxy) is 1. The monoisotopic (exact) mass is 528 g/mol. The first kappa shape index (κ1) is 24.9. The predicted octanol–water partition coefficient (Wildman–Crippen LogP) is 3.75. The van der Waals surface area contributed by atoms with E-state index in [0.717, 1.165) is 36.7 Å². The van der Waals surface area contributed by atoms with Crippen LogP contribution in [0.25, 0.3) is 0 Å². The molecule has 2 aliphatic heterocycles. The Morgan fingerprint density at radius 2 is 1.77 bits per heavy atom. The number of nitrogens with one attached hydrogen (secondary N) is 1. The molecule has 168 valence electrons. The Bertz CT molecular complexity index is 700. The average Bonchev–Trinajstić information content (AvgIpc) is 2.70. The number of benzene rings is 1. The highest BCUT2D eigenvalue weighted by Gasteiger charge is 2.26. The molecule has 3 atom stereocenters. The van der Waals surface area contributed by atoms with E-state index in [1.165, 1.54) is 12.8 Å². The first-order valence-electron chi connectivity index (χ1n) is 11.0. The lowest BCUT2D eigenvalue weighted by Gasteiger charge is -2.35. The van der Waals surface area contributed by atoms with Crippen LogP contribution in [0, 0.1) is 5.92 Å². The van der Waals surface area contributed by atoms with E-state index in [-0.39, 0.29) is 42.1 Å². The Hall–Kier alpha value is -1.35. The summed E-state index contributed by atoms with van der Waals surface area (Å²) in [5, 5.41) is 3.43. The third-order valence-electron chi connectivity index (χ3n) is 5.61. The number of piperidine rings is 1. The fourth-order valence-electron chi connectivity index (χ4n) is 4.25. The molecular weight excluding hydrogens is 491 g/mol. The predicted molar refractivity (Wildman–Crippen MR) is 133 cm³/mol. The molecule has 0 spiro atoms. The minimum atomic E-state index is 0. The smallest absolute Gasteiger partial charge is 0.254 e. The summed E-state index contributed by atoms with van der Waals surface area (Å²) >= 11 is 0. The van der Waals surface area contributed by atoms with E-state index in [0.29, 0.717) is 25.6 Å². The molecule has 0 aromatic heterocycles. The second kappa shape index (κ2) is 11.9. The van der Waals surface area contributed by atoms with Gasteiger partial charge in [0.1, 0.15) is 0 Å². The van der Waals surface area contributed by atoms with Crippen LogP contribution in [0.3, 0.4) is 0 Å². The van der Waals surface area contributed by atoms with Gasteiger partial charge in [-0.15, -0.1) is 24.0 Å². The number of guanidine groups is 1. The number of amides is 1. The van der Waals surface area contributed by atoms with E-state index >= 15 is 0 Å². The minimum absolute atomic E-state index is 0. The van der Waals surface area contributed by atoms with Crippen LogP contribution >= 0.6 is 24.0 Å². The molecule has 6 nitrogen and oxygen atoms in total. The summed E-state index contributed by atoms with van der Waals surface area (Å²) in [6, 6.07) is 7.89. The second-order valence-electron chi connectivity index (χ2n) is 8.53. The fraction of sp³-hybridized carbons (Fsp3) is 0.652. The van der Waals surface area contributed by atoms with E-state index < -0.39 is 0 Å². The van der Waals surface area contributed by atoms with E-state index in [2.05, 4.69) is 24.1 Å². The molecule has 0 aliphatic carbocycles. The molecule has 2 heterocycles. The van der Waals surface area contributed by atoms with Crippen molar-refractivity contribution in [1.29, 1.82) is 0 Å². The number of morpholine rings is 1. The van der Waals surface area contributed by atoms with Crippen molar-refractivity contribution >= 4 is 35.8 Å². The first-order valence-corrected chi connectivity index (χ1v) is 11.0. The number of aliphatic imine (C=N–C) groups is 1. The summed E-state index contributed by atoms with van der Waals surface area (Å²) in [5.41, 5.74) is 1.85. The van der Waals surface area contributed by atoms with Crippen LogP contribution in [0.2, 0.25) is 0 Å². The third kappa shape index (κ3) is 6.83. The maximum absolute atomic E-state index is 12.8. The summed E-state index contributed by atoms with van der Waals surface area (Å²) in [6.07, 6.45) is 2.68. The van der Waals surface area contributed by atoms with Gasteiger partial charge >= 0.3 is 0 Å². The minimum Gasteiger partial charge on any atom is -0.372 e. The third-order valence-corrected chi connectivity index (χ3v) is 5.61. The maximum Gasteiger partial charge on any atom is 0.254 e. The normalized spacial score (nSPS) is 24.9. The molecule has 0 saturated carbocycles. The van der Waals surface area contributed by atoms with Gasteiger partial charge in [0.15, 0.2) is 5.96 Å². The van der Waals surface area contributed by atoms with Crippen LogP contribution in [0.4, 0.5) is 0 Å². The summed E-state index contributed by atoms with van der Waals surface area (Å²) in [7, 11) is 0. The van der Waals surface area contributed by atoms with Crippen molar-refractivity contribution in [3.63, 3.8) is 0 Å². The van der Waals surface area contributed by atoms with Gasteiger partial charge in [-0.05, 0) is 57.2 Å². The Kier molecular flexibility index (Phi) is 9.87. The lowest BCUT2D eigenvalue weighted by Crippen LogP contribution is -2.48. The van der Waals surface area contributed by atoms with Crippen molar-refractivity contribution in [1.82, 2.24) is 15.1 Å². The van der Waals surface area contributed by atoms with E-state index in [1.807, 2.05) is 43.0 Å². The Balaban J connectivity index is 0.00000320. The molecule has 30 heavy (non-hydrogen) atoms. The molecule has 3 unspecified atom stereocenters. The molecule has 0 bridgehead atoms. The van der Waals surface area contributed by atoms with Crippen molar-refractivity contribution in [2.75, 3.05) is 32.7 Å². The van der Waals surface area contributed by atoms with Crippen LogP contribution < -0.4 is 5.32 Å². The van der Waals surface area contributed by atoms with Gasteiger partial charge in [-0.2, -0.15) is 0 Å². The number of nitrogens with zero attached hydrogens (tertiary/aromatic N) is 3. The van der Waals surface area contributed by atoms with Gasteiger partial charge in [0.25, 0.3) is 5.91 Å². The average molecular weight is 528 g/mol. The highest BCUT2D eigenvalue weighted by Crippen LogP contribution is 2.17. The number of hydrogen-bond acceptors (Lipinski definition) is 3. The van der Waals surface area contributed by atoms with Crippen LogP contribution in [0.5, 0.6) is 0 Å². The summed E-state index contributed by atoms with van der Waals surface area (Å²) in [6.45, 7) is 13.4. The zero-order chi connectivity index (χ0) is 20.8. The lowest BCUT2D eigenvalue weighted by atomic mass is 10.0. The number of hydrogen-bond donors (Lipinski definition) is 1. The number of rotatable bonds is 4. The molecule has 2 saturated heterocycles. The topological polar surface area (TPSA) is 57.2 Å². The highest BCUT2D eigenvalue weighted by atomic mass is 127. The van der Waals surface area contributed by atoms with Gasteiger partial charge in [0.05, 0.1) is 18.8 Å². The van der Waals surface area contributed by atoms with Crippen LogP contribution in [0.1, 0.15) is 56.5 Å². The second-order valence-corrected chi connectivity index (χ2v) is 8.53. The fourth-order valence-corrected chi connectivity index (χ4v) is 4.25. The van der Waals surface area contributed by atoms with E-state index in [1.54, 1.807) is 0 Å². The summed E-state index contributed by atoms with van der Waals surface area (Å²) in [5.74, 6) is 1.79. The van der Waals surface area contributed by atoms with E-state index in [4.69, 9.17) is 9.73 Å². The van der Waals surface area contributed by atoms with Crippen LogP contribution in [0.15, 0.2) is 29.3 Å². The van der Waals surface area contributed by atoms with Crippen molar-refractivity contribution in [2.45, 2.75) is 59.3 Å². The Morgan fingerprint density at radius 3 is 2.37 bits per heavy atom. The molecule has 2 fully saturated rings. The molecule has 7 heteroatoms. The Labute approximate surface area is 198 Å². The molecular formula is C23H37IN4O2. The first-order chi connectivity index (χ1) is 14.0. The maximum atomic E-state index is 12.8. The van der Waals surface area contributed by atoms with Gasteiger partial charge in [-0.1, -0.05) is 19.1 Å². The molecule has 0 radical (unpaired) electrons. The molecule has 1 aromatic carbocycles. The van der Waals surface area contributed by atoms with Crippen molar-refractivity contribution in [2.24, 2.45) is 10.9 Å². The van der Waals surface area contributed by atoms with E-state index in [9.17, 15) is 4.79 Å². The molecule has 2 aliphatic rings. The van der Waals surface area contributed by atoms with Gasteiger partial charge in [-0.3, -0.25) is 4.79 Å². The van der Waals surface area contributed by atoms with Gasteiger partial charge in [0, 0.05) is 38.3 Å². The summed E-state index contributed by atoms with van der Waals surface area (Å²) < 4.78 is 5.73. The molecule has 3 rings (SSSR count). The Morgan fingerprint density at radius 1 is 1.10 bits per heavy atom. The van der Waals surface area contributed by atoms with Gasteiger partial charge in [0.2, 0.25) is 0 Å². The quantitative estimate of drug-likeness (QED) is 0.368. The largest absolute Gasteiger partial charge is 0.372 e. The van der Waals surface area contributed by atoms with Gasteiger partial charge < -0.3 is 19.9 Å². The number of carbonyl (C=O) groups is 1. The van der Waals surface area contributed by atoms with Crippen molar-refractivity contribution < 1.29 is 9.53 Å². The number of likely N-dealkylation sites (tertiary alicyclic amines) is 1. The molecule has 1 amide bonds. The number of carbonyl (C=O) groups excluding carboxylic acids is 1. The van der Waals surface area contributed by atoms with Crippen molar-refractivity contribution in [3.8, 4) is 0 Å². The van der Waals surface area contributed by atoms with Gasteiger partial charge in [-0.25, -0.2) is 4.99 Å². The zero-order valence-corrected chi connectivity index (χ0v) is 21.1. The van der Waals surface area contributed by atoms with Crippen LogP contribution in [-0.4, -0.2) is 66.6 Å². The standard InChI is InChI=1S/C23H36N4O2.HI/c1-5-24-23(26-12-6-7-17(2)14-26)25-13-20-8-10-21(11-9-20)22(28)27-15-18(3)29-19(4)16-27;/h8-11,17-19H,5-7,12-16H2,1-4H3,(H,24,25);1H. The molecule has 1 aromatic rings. The zero-order valence-electron chi connectivity index (χ0n) is 18.8. The van der Waals surface area contributed by atoms with Crippen molar-refractivity contribution in [3.05, 3.63) is 35.4 Å². The lowest BCUT2D eigenvalue weighted by molar-refractivity contribution is -0.0586.